The van der Waals surface area contributed by atoms with Gasteiger partial charge in [0.2, 0.25) is 6.79 Å². The summed E-state index contributed by atoms with van der Waals surface area (Å²) in [4.78, 5) is 22.5. The minimum atomic E-state index is -1.21. The van der Waals surface area contributed by atoms with Crippen LogP contribution in [0.3, 0.4) is 0 Å². The van der Waals surface area contributed by atoms with E-state index in [1.807, 2.05) is 0 Å². The molecule has 6 heteroatoms. The summed E-state index contributed by atoms with van der Waals surface area (Å²) < 4.78 is 10.4. The van der Waals surface area contributed by atoms with Gasteiger partial charge in [-0.3, -0.25) is 0 Å². The first kappa shape index (κ1) is 11.3. The normalized spacial score (nSPS) is 12.6. The predicted molar refractivity (Wildman–Crippen MR) is 64.0 cm³/mol. The molecular weight excluding hydrogens is 252 g/mol. The fourth-order valence-electron chi connectivity index (χ4n) is 2.19. The Morgan fingerprint density at radius 2 is 1.79 bits per heavy atom. The van der Waals surface area contributed by atoms with Crippen molar-refractivity contribution in [2.75, 3.05) is 6.79 Å². The second-order valence-electron chi connectivity index (χ2n) is 4.00. The molecule has 0 atom stereocenters. The highest BCUT2D eigenvalue weighted by atomic mass is 16.7. The topological polar surface area (TPSA) is 93.1 Å². The molecule has 0 saturated heterocycles. The van der Waals surface area contributed by atoms with Gasteiger partial charge >= 0.3 is 11.9 Å². The molecule has 0 unspecified atom stereocenters. The van der Waals surface area contributed by atoms with Crippen LogP contribution in [0.25, 0.3) is 10.8 Å². The molecule has 3 rings (SSSR count). The van der Waals surface area contributed by atoms with E-state index in [1.54, 1.807) is 12.1 Å². The third kappa shape index (κ3) is 1.57. The lowest BCUT2D eigenvalue weighted by molar-refractivity contribution is 0.0695. The average molecular weight is 260 g/mol. The lowest BCUT2D eigenvalue weighted by Gasteiger charge is -2.09. The molecule has 0 aliphatic carbocycles. The third-order valence-corrected chi connectivity index (χ3v) is 2.96. The number of rotatable bonds is 2. The quantitative estimate of drug-likeness (QED) is 0.857. The molecule has 0 saturated carbocycles. The van der Waals surface area contributed by atoms with Crippen LogP contribution >= 0.6 is 0 Å². The summed E-state index contributed by atoms with van der Waals surface area (Å²) in [6, 6.07) is 5.81. The number of fused-ring (bicyclic) bond motifs is 3. The zero-order valence-corrected chi connectivity index (χ0v) is 9.54. The second-order valence-corrected chi connectivity index (χ2v) is 4.00. The molecular formula is C13H8O6. The summed E-state index contributed by atoms with van der Waals surface area (Å²) >= 11 is 0. The van der Waals surface area contributed by atoms with Crippen LogP contribution in [-0.4, -0.2) is 28.9 Å². The maximum atomic E-state index is 11.3. The number of hydrogen-bond donors (Lipinski definition) is 2. The molecule has 1 heterocycles. The number of aromatic carboxylic acids is 2. The van der Waals surface area contributed by atoms with Crippen LogP contribution < -0.4 is 9.47 Å². The molecule has 19 heavy (non-hydrogen) atoms. The monoisotopic (exact) mass is 260 g/mol. The number of carboxylic acids is 2. The predicted octanol–water partition coefficient (Wildman–Crippen LogP) is 1.96. The SMILES string of the molecule is O=C(O)c1cccc2c3c(cc(C(=O)O)c12)OCO3. The fourth-order valence-corrected chi connectivity index (χ4v) is 2.19. The lowest BCUT2D eigenvalue weighted by atomic mass is 9.98. The Morgan fingerprint density at radius 3 is 2.47 bits per heavy atom. The van der Waals surface area contributed by atoms with Gasteiger partial charge in [0.1, 0.15) is 0 Å². The number of carbonyl (C=O) groups is 2. The van der Waals surface area contributed by atoms with Crippen LogP contribution in [-0.2, 0) is 0 Å². The molecule has 0 spiro atoms. The third-order valence-electron chi connectivity index (χ3n) is 2.96. The van der Waals surface area contributed by atoms with Crippen LogP contribution in [0.15, 0.2) is 24.3 Å². The van der Waals surface area contributed by atoms with E-state index in [4.69, 9.17) is 9.47 Å². The van der Waals surface area contributed by atoms with Gasteiger partial charge in [-0.05, 0) is 12.1 Å². The molecule has 1 aliphatic heterocycles. The second kappa shape index (κ2) is 3.88. The van der Waals surface area contributed by atoms with Crippen molar-refractivity contribution >= 4 is 22.7 Å². The molecule has 6 nitrogen and oxygen atoms in total. The average Bonchev–Trinajstić information content (AvgIpc) is 2.84. The van der Waals surface area contributed by atoms with E-state index in [1.165, 1.54) is 12.1 Å². The van der Waals surface area contributed by atoms with Gasteiger partial charge in [-0.2, -0.15) is 0 Å². The molecule has 2 N–H and O–H groups in total. The number of carboxylic acid groups (broad SMARTS) is 2. The highest BCUT2D eigenvalue weighted by Gasteiger charge is 2.25. The molecule has 0 amide bonds. The molecule has 1 aliphatic rings. The zero-order chi connectivity index (χ0) is 13.6. The summed E-state index contributed by atoms with van der Waals surface area (Å²) in [6.45, 7) is -0.00912. The Balaban J connectivity index is 2.50. The highest BCUT2D eigenvalue weighted by molar-refractivity contribution is 6.14. The standard InChI is InChI=1S/C13H8O6/c14-12(15)7-3-1-2-6-10(7)8(13(16)17)4-9-11(6)19-5-18-9/h1-4H,5H2,(H,14,15)(H,16,17). The number of ether oxygens (including phenoxy) is 2. The first-order valence-electron chi connectivity index (χ1n) is 5.41. The van der Waals surface area contributed by atoms with Gasteiger partial charge in [-0.25, -0.2) is 9.59 Å². The van der Waals surface area contributed by atoms with Crippen molar-refractivity contribution in [3.63, 3.8) is 0 Å². The summed E-state index contributed by atoms with van der Waals surface area (Å²) in [6.07, 6.45) is 0. The van der Waals surface area contributed by atoms with Gasteiger partial charge < -0.3 is 19.7 Å². The van der Waals surface area contributed by atoms with E-state index in [9.17, 15) is 19.8 Å². The maximum absolute atomic E-state index is 11.3. The van der Waals surface area contributed by atoms with Crippen LogP contribution in [0.1, 0.15) is 20.7 Å². The molecule has 0 radical (unpaired) electrons. The van der Waals surface area contributed by atoms with E-state index >= 15 is 0 Å². The van der Waals surface area contributed by atoms with Crippen LogP contribution in [0.4, 0.5) is 0 Å². The van der Waals surface area contributed by atoms with Crippen molar-refractivity contribution in [2.45, 2.75) is 0 Å². The van der Waals surface area contributed by atoms with E-state index in [-0.39, 0.29) is 23.3 Å². The largest absolute Gasteiger partial charge is 0.478 e. The molecule has 0 bridgehead atoms. The maximum Gasteiger partial charge on any atom is 0.336 e. The summed E-state index contributed by atoms with van der Waals surface area (Å²) in [5.74, 6) is -1.71. The van der Waals surface area contributed by atoms with E-state index in [2.05, 4.69) is 0 Å². The molecule has 2 aromatic carbocycles. The Hall–Kier alpha value is -2.76. The Morgan fingerprint density at radius 1 is 1.05 bits per heavy atom. The van der Waals surface area contributed by atoms with Crippen molar-refractivity contribution in [2.24, 2.45) is 0 Å². The van der Waals surface area contributed by atoms with Gasteiger partial charge in [-0.1, -0.05) is 12.1 Å². The van der Waals surface area contributed by atoms with Crippen LogP contribution in [0.5, 0.6) is 11.5 Å². The zero-order valence-electron chi connectivity index (χ0n) is 9.54. The Kier molecular flexibility index (Phi) is 2.31. The number of hydrogen-bond acceptors (Lipinski definition) is 4. The van der Waals surface area contributed by atoms with Crippen LogP contribution in [0, 0.1) is 0 Å². The first-order chi connectivity index (χ1) is 9.09. The minimum absolute atomic E-state index is 0.00912. The smallest absolute Gasteiger partial charge is 0.336 e. The summed E-state index contributed by atoms with van der Waals surface area (Å²) in [7, 11) is 0. The van der Waals surface area contributed by atoms with Gasteiger partial charge in [0.05, 0.1) is 11.1 Å². The minimum Gasteiger partial charge on any atom is -0.478 e. The fraction of sp³-hybridized carbons (Fsp3) is 0.0769. The lowest BCUT2D eigenvalue weighted by Crippen LogP contribution is -2.04. The molecule has 0 aromatic heterocycles. The summed E-state index contributed by atoms with van der Waals surface area (Å²) in [5.41, 5.74) is -0.189. The first-order valence-corrected chi connectivity index (χ1v) is 5.41. The van der Waals surface area contributed by atoms with Gasteiger partial charge in [0.15, 0.2) is 11.5 Å². The van der Waals surface area contributed by atoms with Crippen molar-refractivity contribution in [1.82, 2.24) is 0 Å². The van der Waals surface area contributed by atoms with Gasteiger partial charge in [0, 0.05) is 10.8 Å². The number of benzene rings is 2. The molecule has 0 fully saturated rings. The van der Waals surface area contributed by atoms with Crippen molar-refractivity contribution in [3.05, 3.63) is 35.4 Å². The summed E-state index contributed by atoms with van der Waals surface area (Å²) in [5, 5.41) is 19.0. The van der Waals surface area contributed by atoms with E-state index in [0.29, 0.717) is 16.9 Å². The van der Waals surface area contributed by atoms with Gasteiger partial charge in [0.25, 0.3) is 0 Å². The molecule has 2 aromatic rings. The van der Waals surface area contributed by atoms with Gasteiger partial charge in [-0.15, -0.1) is 0 Å². The Labute approximate surface area is 106 Å². The van der Waals surface area contributed by atoms with Crippen molar-refractivity contribution in [1.29, 1.82) is 0 Å². The van der Waals surface area contributed by atoms with Crippen molar-refractivity contribution in [3.8, 4) is 11.5 Å². The van der Waals surface area contributed by atoms with Crippen molar-refractivity contribution < 1.29 is 29.3 Å². The molecule has 96 valence electrons. The van der Waals surface area contributed by atoms with E-state index < -0.39 is 11.9 Å². The van der Waals surface area contributed by atoms with E-state index in [0.717, 1.165) is 0 Å². The highest BCUT2D eigenvalue weighted by Crippen LogP contribution is 2.42. The Bertz CT molecular complexity index is 719. The van der Waals surface area contributed by atoms with Crippen LogP contribution in [0.2, 0.25) is 0 Å².